The van der Waals surface area contributed by atoms with Gasteiger partial charge in [0.1, 0.15) is 11.8 Å². The molecular weight excluding hydrogens is 252 g/mol. The van der Waals surface area contributed by atoms with Crippen LogP contribution in [0.25, 0.3) is 0 Å². The fourth-order valence-electron chi connectivity index (χ4n) is 2.95. The molecule has 1 aromatic carbocycles. The number of hydrogen-bond acceptors (Lipinski definition) is 3. The lowest BCUT2D eigenvalue weighted by atomic mass is 9.88. The third-order valence-corrected chi connectivity index (χ3v) is 4.28. The van der Waals surface area contributed by atoms with Crippen molar-refractivity contribution in [2.45, 2.75) is 37.8 Å². The van der Waals surface area contributed by atoms with Gasteiger partial charge in [0.05, 0.1) is 13.3 Å². The Kier molecular flexibility index (Phi) is 3.26. The van der Waals surface area contributed by atoms with Gasteiger partial charge in [0.2, 0.25) is 0 Å². The first-order valence-corrected chi connectivity index (χ1v) is 7.06. The Bertz CT molecular complexity index is 566. The summed E-state index contributed by atoms with van der Waals surface area (Å²) < 4.78 is 7.19. The number of aryl methyl sites for hydroxylation is 1. The largest absolute Gasteiger partial charge is 0.493 e. The van der Waals surface area contributed by atoms with E-state index >= 15 is 0 Å². The van der Waals surface area contributed by atoms with Crippen LogP contribution in [-0.2, 0) is 12.0 Å². The van der Waals surface area contributed by atoms with E-state index in [9.17, 15) is 5.11 Å². The quantitative estimate of drug-likeness (QED) is 0.910. The number of aromatic nitrogens is 2. The number of ether oxygens (including phenoxy) is 1. The fourth-order valence-corrected chi connectivity index (χ4v) is 2.95. The molecular formula is C16H20N2O2. The Balaban J connectivity index is 2.01. The molecule has 0 saturated heterocycles. The molecule has 1 fully saturated rings. The third-order valence-electron chi connectivity index (χ3n) is 4.28. The highest BCUT2D eigenvalue weighted by molar-refractivity contribution is 5.39. The lowest BCUT2D eigenvalue weighted by molar-refractivity contribution is 0.119. The van der Waals surface area contributed by atoms with E-state index in [1.165, 1.54) is 5.56 Å². The topological polar surface area (TPSA) is 47.3 Å². The van der Waals surface area contributed by atoms with E-state index in [1.54, 1.807) is 13.3 Å². The van der Waals surface area contributed by atoms with Gasteiger partial charge in [0, 0.05) is 12.0 Å². The Morgan fingerprint density at radius 2 is 2.05 bits per heavy atom. The molecule has 20 heavy (non-hydrogen) atoms. The maximum Gasteiger partial charge on any atom is 0.162 e. The van der Waals surface area contributed by atoms with Crippen molar-refractivity contribution in [3.8, 4) is 5.75 Å². The zero-order valence-electron chi connectivity index (χ0n) is 11.9. The molecule has 1 aliphatic rings. The van der Waals surface area contributed by atoms with Gasteiger partial charge in [-0.1, -0.05) is 30.3 Å². The number of aliphatic hydroxyl groups excluding tert-OH is 1. The molecule has 1 aliphatic carbocycles. The van der Waals surface area contributed by atoms with Crippen molar-refractivity contribution in [3.63, 3.8) is 0 Å². The van der Waals surface area contributed by atoms with Gasteiger partial charge in [0.15, 0.2) is 5.75 Å². The average Bonchev–Trinajstić information content (AvgIpc) is 3.21. The Hall–Kier alpha value is -1.81. The van der Waals surface area contributed by atoms with Crippen LogP contribution in [0.1, 0.15) is 37.1 Å². The summed E-state index contributed by atoms with van der Waals surface area (Å²) in [7, 11) is 1.62. The van der Waals surface area contributed by atoms with Gasteiger partial charge in [-0.15, -0.1) is 0 Å². The second-order valence-electron chi connectivity index (χ2n) is 5.34. The fraction of sp³-hybridized carbons (Fsp3) is 0.438. The molecule has 1 atom stereocenters. The highest BCUT2D eigenvalue weighted by atomic mass is 16.5. The summed E-state index contributed by atoms with van der Waals surface area (Å²) in [5, 5.41) is 15.2. The summed E-state index contributed by atoms with van der Waals surface area (Å²) in [5.41, 5.74) is 1.80. The van der Waals surface area contributed by atoms with Crippen LogP contribution in [0.15, 0.2) is 36.5 Å². The number of hydrogen-bond donors (Lipinski definition) is 1. The summed E-state index contributed by atoms with van der Waals surface area (Å²) in [6.45, 7) is 2.74. The molecule has 0 aliphatic heterocycles. The number of methoxy groups -OCH3 is 1. The molecule has 1 aromatic heterocycles. The summed E-state index contributed by atoms with van der Waals surface area (Å²) in [4.78, 5) is 0. The van der Waals surface area contributed by atoms with E-state index in [0.717, 1.165) is 25.1 Å². The predicted octanol–water partition coefficient (Wildman–Crippen LogP) is 2.68. The van der Waals surface area contributed by atoms with Crippen LogP contribution in [0.3, 0.4) is 0 Å². The Morgan fingerprint density at radius 3 is 2.60 bits per heavy atom. The van der Waals surface area contributed by atoms with Gasteiger partial charge in [0.25, 0.3) is 0 Å². The molecule has 4 heteroatoms. The monoisotopic (exact) mass is 272 g/mol. The Morgan fingerprint density at radius 1 is 1.35 bits per heavy atom. The molecule has 1 unspecified atom stereocenters. The molecule has 0 amide bonds. The van der Waals surface area contributed by atoms with Gasteiger partial charge in [-0.05, 0) is 25.3 Å². The van der Waals surface area contributed by atoms with Crippen molar-refractivity contribution in [1.29, 1.82) is 0 Å². The van der Waals surface area contributed by atoms with E-state index in [4.69, 9.17) is 4.74 Å². The second kappa shape index (κ2) is 4.94. The first-order chi connectivity index (χ1) is 9.73. The third kappa shape index (κ3) is 1.91. The van der Waals surface area contributed by atoms with Crippen LogP contribution in [0, 0.1) is 0 Å². The van der Waals surface area contributed by atoms with E-state index in [2.05, 4.69) is 17.2 Å². The molecule has 0 radical (unpaired) electrons. The van der Waals surface area contributed by atoms with Gasteiger partial charge in [-0.25, -0.2) is 0 Å². The molecule has 0 bridgehead atoms. The minimum atomic E-state index is -0.581. The van der Waals surface area contributed by atoms with E-state index in [1.807, 2.05) is 29.8 Å². The molecule has 106 valence electrons. The molecule has 3 rings (SSSR count). The summed E-state index contributed by atoms with van der Waals surface area (Å²) in [6.07, 6.45) is 3.09. The lowest BCUT2D eigenvalue weighted by Gasteiger charge is -2.24. The molecule has 0 spiro atoms. The molecule has 4 nitrogen and oxygen atoms in total. The van der Waals surface area contributed by atoms with Crippen LogP contribution in [0.4, 0.5) is 0 Å². The average molecular weight is 272 g/mol. The zero-order chi connectivity index (χ0) is 14.2. The van der Waals surface area contributed by atoms with Crippen LogP contribution < -0.4 is 4.74 Å². The zero-order valence-corrected chi connectivity index (χ0v) is 11.9. The standard InChI is InChI=1S/C16H20N2O2/c1-3-18-14(13(20-2)11-17-18)15(19)16(9-10-16)12-7-5-4-6-8-12/h4-8,11,15,19H,3,9-10H2,1-2H3. The van der Waals surface area contributed by atoms with Crippen molar-refractivity contribution in [3.05, 3.63) is 47.8 Å². The molecule has 1 N–H and O–H groups in total. The number of aliphatic hydroxyl groups is 1. The second-order valence-corrected chi connectivity index (χ2v) is 5.34. The van der Waals surface area contributed by atoms with Crippen molar-refractivity contribution in [2.75, 3.05) is 7.11 Å². The lowest BCUT2D eigenvalue weighted by Crippen LogP contribution is -2.22. The van der Waals surface area contributed by atoms with E-state index in [-0.39, 0.29) is 5.41 Å². The first-order valence-electron chi connectivity index (χ1n) is 7.06. The highest BCUT2D eigenvalue weighted by Gasteiger charge is 2.52. The van der Waals surface area contributed by atoms with Crippen molar-refractivity contribution in [1.82, 2.24) is 9.78 Å². The first kappa shape index (κ1) is 13.2. The molecule has 1 saturated carbocycles. The van der Waals surface area contributed by atoms with Crippen molar-refractivity contribution >= 4 is 0 Å². The van der Waals surface area contributed by atoms with E-state index in [0.29, 0.717) is 5.75 Å². The number of benzene rings is 1. The predicted molar refractivity (Wildman–Crippen MR) is 76.8 cm³/mol. The van der Waals surface area contributed by atoms with Gasteiger partial charge in [-0.3, -0.25) is 4.68 Å². The maximum absolute atomic E-state index is 10.9. The van der Waals surface area contributed by atoms with Crippen LogP contribution in [0.5, 0.6) is 5.75 Å². The number of nitrogens with zero attached hydrogens (tertiary/aromatic N) is 2. The van der Waals surface area contributed by atoms with Crippen LogP contribution in [0.2, 0.25) is 0 Å². The summed E-state index contributed by atoms with van der Waals surface area (Å²) in [5.74, 6) is 0.668. The molecule has 1 heterocycles. The van der Waals surface area contributed by atoms with E-state index < -0.39 is 6.10 Å². The summed E-state index contributed by atoms with van der Waals surface area (Å²) in [6, 6.07) is 10.2. The maximum atomic E-state index is 10.9. The minimum absolute atomic E-state index is 0.179. The van der Waals surface area contributed by atoms with Crippen molar-refractivity contribution < 1.29 is 9.84 Å². The van der Waals surface area contributed by atoms with Crippen molar-refractivity contribution in [2.24, 2.45) is 0 Å². The van der Waals surface area contributed by atoms with Gasteiger partial charge in [-0.2, -0.15) is 5.10 Å². The summed E-state index contributed by atoms with van der Waals surface area (Å²) >= 11 is 0. The minimum Gasteiger partial charge on any atom is -0.493 e. The number of rotatable bonds is 5. The van der Waals surface area contributed by atoms with Crippen LogP contribution in [-0.4, -0.2) is 22.0 Å². The molecule has 2 aromatic rings. The van der Waals surface area contributed by atoms with Gasteiger partial charge < -0.3 is 9.84 Å². The SMILES string of the molecule is CCn1ncc(OC)c1C(O)C1(c2ccccc2)CC1. The van der Waals surface area contributed by atoms with Crippen LogP contribution >= 0.6 is 0 Å². The Labute approximate surface area is 119 Å². The smallest absolute Gasteiger partial charge is 0.162 e. The van der Waals surface area contributed by atoms with Gasteiger partial charge >= 0.3 is 0 Å². The normalized spacial score (nSPS) is 17.8. The highest BCUT2D eigenvalue weighted by Crippen LogP contribution is 2.57.